The quantitative estimate of drug-likeness (QED) is 0.0952. The maximum absolute atomic E-state index is 13.2. The number of hydrogen-bond acceptors (Lipinski definition) is 10. The van der Waals surface area contributed by atoms with Crippen LogP contribution in [0.4, 0.5) is 0 Å². The van der Waals surface area contributed by atoms with Crippen LogP contribution in [0.1, 0.15) is 67.8 Å². The average Bonchev–Trinajstić information content (AvgIpc) is 3.31. The zero-order chi connectivity index (χ0) is 32.3. The molecule has 0 aliphatic carbocycles. The number of carbonyl (C=O) groups excluding carboxylic acids is 3. The lowest BCUT2D eigenvalue weighted by Crippen LogP contribution is -2.44. The molecule has 0 saturated carbocycles. The number of carbonyl (C=O) groups is 4. The van der Waals surface area contributed by atoms with E-state index in [0.717, 1.165) is 24.3 Å². The van der Waals surface area contributed by atoms with Crippen molar-refractivity contribution in [3.05, 3.63) is 82.4 Å². The summed E-state index contributed by atoms with van der Waals surface area (Å²) in [6.45, 7) is 6.08. The molecule has 0 radical (unpaired) electrons. The third-order valence-corrected chi connectivity index (χ3v) is 6.67. The van der Waals surface area contributed by atoms with Gasteiger partial charge in [-0.15, -0.1) is 0 Å². The zero-order valence-corrected chi connectivity index (χ0v) is 24.0. The summed E-state index contributed by atoms with van der Waals surface area (Å²) in [5.74, 6) is -6.58. The Labute approximate surface area is 251 Å². The van der Waals surface area contributed by atoms with Gasteiger partial charge < -0.3 is 40.5 Å². The van der Waals surface area contributed by atoms with Crippen LogP contribution in [0.3, 0.4) is 0 Å². The number of amides is 1. The van der Waals surface area contributed by atoms with Crippen LogP contribution in [0.2, 0.25) is 0 Å². The lowest BCUT2D eigenvalue weighted by atomic mass is 9.95. The van der Waals surface area contributed by atoms with Crippen molar-refractivity contribution >= 4 is 30.0 Å². The molecule has 3 aromatic carbocycles. The van der Waals surface area contributed by atoms with E-state index >= 15 is 0 Å². The second-order valence-corrected chi connectivity index (χ2v) is 11.2. The standard InChI is InChI=1S/C31H31N3O10/c1-31(2,3)32-15-34-13-20(33-28(40)16-7-9-18(35)10-8-16)24(14-34)44-30(43)17-11-22(37)26(23(38)12-17)27(39)25-19(29(41)42)5-4-6-21(25)36/h4-12,15,20,24,35-38H,13-14H2,1-3H3,(H,33,40)(H,41,42)/b32-15+. The second kappa shape index (κ2) is 12.3. The minimum atomic E-state index is -1.52. The van der Waals surface area contributed by atoms with Crippen molar-refractivity contribution in [1.29, 1.82) is 0 Å². The van der Waals surface area contributed by atoms with Crippen LogP contribution >= 0.6 is 0 Å². The summed E-state index contributed by atoms with van der Waals surface area (Å²) >= 11 is 0. The SMILES string of the molecule is CC(C)(C)/N=C/N1CC(NC(=O)c2ccc(O)cc2)C(OC(=O)c2cc(O)c(C(=O)c3c(O)cccc3C(=O)O)c(O)c2)C1. The number of likely N-dealkylation sites (tertiary alicyclic amines) is 1. The Morgan fingerprint density at radius 3 is 2.11 bits per heavy atom. The number of rotatable bonds is 8. The molecule has 0 aromatic heterocycles. The van der Waals surface area contributed by atoms with Gasteiger partial charge in [-0.05, 0) is 69.3 Å². The van der Waals surface area contributed by atoms with Gasteiger partial charge in [-0.3, -0.25) is 14.6 Å². The molecule has 230 valence electrons. The summed E-state index contributed by atoms with van der Waals surface area (Å²) in [6, 6.07) is 9.98. The van der Waals surface area contributed by atoms with Crippen molar-refractivity contribution in [2.24, 2.45) is 4.99 Å². The van der Waals surface area contributed by atoms with Gasteiger partial charge >= 0.3 is 11.9 Å². The van der Waals surface area contributed by atoms with Crippen molar-refractivity contribution in [3.8, 4) is 23.0 Å². The predicted octanol–water partition coefficient (Wildman–Crippen LogP) is 2.90. The van der Waals surface area contributed by atoms with Crippen LogP contribution in [0.5, 0.6) is 23.0 Å². The van der Waals surface area contributed by atoms with Crippen LogP contribution in [0, 0.1) is 0 Å². The number of nitrogens with zero attached hydrogens (tertiary/aromatic N) is 2. The maximum Gasteiger partial charge on any atom is 0.338 e. The van der Waals surface area contributed by atoms with Gasteiger partial charge in [0, 0.05) is 12.1 Å². The molecule has 0 spiro atoms. The van der Waals surface area contributed by atoms with Gasteiger partial charge in [0.05, 0.1) is 41.2 Å². The number of carboxylic acid groups (broad SMARTS) is 1. The van der Waals surface area contributed by atoms with Crippen molar-refractivity contribution in [1.82, 2.24) is 10.2 Å². The molecule has 1 amide bonds. The van der Waals surface area contributed by atoms with E-state index in [4.69, 9.17) is 4.74 Å². The Balaban J connectivity index is 1.58. The van der Waals surface area contributed by atoms with E-state index in [1.54, 1.807) is 11.2 Å². The molecule has 1 heterocycles. The van der Waals surface area contributed by atoms with E-state index in [1.165, 1.54) is 30.3 Å². The van der Waals surface area contributed by atoms with E-state index in [9.17, 15) is 44.7 Å². The summed E-state index contributed by atoms with van der Waals surface area (Å²) < 4.78 is 5.67. The fraction of sp³-hybridized carbons (Fsp3) is 0.258. The maximum atomic E-state index is 13.2. The highest BCUT2D eigenvalue weighted by atomic mass is 16.5. The Bertz CT molecular complexity index is 1620. The lowest BCUT2D eigenvalue weighted by Gasteiger charge is -2.20. The van der Waals surface area contributed by atoms with Crippen LogP contribution in [-0.2, 0) is 4.74 Å². The van der Waals surface area contributed by atoms with Crippen LogP contribution in [-0.4, -0.2) is 91.2 Å². The van der Waals surface area contributed by atoms with Crippen LogP contribution in [0.25, 0.3) is 0 Å². The van der Waals surface area contributed by atoms with Gasteiger partial charge in [0.25, 0.3) is 5.91 Å². The highest BCUT2D eigenvalue weighted by molar-refractivity contribution is 6.18. The van der Waals surface area contributed by atoms with Gasteiger partial charge in [-0.25, -0.2) is 9.59 Å². The number of hydrogen-bond donors (Lipinski definition) is 6. The fourth-order valence-corrected chi connectivity index (χ4v) is 4.52. The molecular weight excluding hydrogens is 574 g/mol. The third-order valence-electron chi connectivity index (χ3n) is 6.67. The highest BCUT2D eigenvalue weighted by Gasteiger charge is 2.37. The zero-order valence-electron chi connectivity index (χ0n) is 24.0. The van der Waals surface area contributed by atoms with Gasteiger partial charge in [0.15, 0.2) is 0 Å². The number of phenolic OH excluding ortho intramolecular Hbond substituents is 4. The third kappa shape index (κ3) is 7.06. The summed E-state index contributed by atoms with van der Waals surface area (Å²) in [5, 5.41) is 53.2. The van der Waals surface area contributed by atoms with E-state index in [-0.39, 0.29) is 30.0 Å². The highest BCUT2D eigenvalue weighted by Crippen LogP contribution is 2.35. The Kier molecular flexibility index (Phi) is 8.79. The van der Waals surface area contributed by atoms with Crippen molar-refractivity contribution in [3.63, 3.8) is 0 Å². The summed E-state index contributed by atoms with van der Waals surface area (Å²) in [4.78, 5) is 57.0. The van der Waals surface area contributed by atoms with Gasteiger partial charge in [0.1, 0.15) is 34.7 Å². The number of esters is 1. The minimum Gasteiger partial charge on any atom is -0.508 e. The molecule has 1 aliphatic heterocycles. The predicted molar refractivity (Wildman–Crippen MR) is 157 cm³/mol. The molecule has 4 rings (SSSR count). The first kappa shape index (κ1) is 31.3. The first-order chi connectivity index (χ1) is 20.6. The molecule has 13 heteroatoms. The number of phenols is 4. The smallest absolute Gasteiger partial charge is 0.338 e. The van der Waals surface area contributed by atoms with E-state index in [2.05, 4.69) is 10.3 Å². The lowest BCUT2D eigenvalue weighted by molar-refractivity contribution is 0.0274. The number of ether oxygens (including phenoxy) is 1. The molecule has 0 bridgehead atoms. The molecule has 3 aromatic rings. The fourth-order valence-electron chi connectivity index (χ4n) is 4.52. The van der Waals surface area contributed by atoms with Crippen molar-refractivity contribution in [2.75, 3.05) is 13.1 Å². The van der Waals surface area contributed by atoms with Crippen LogP contribution < -0.4 is 5.32 Å². The number of benzene rings is 3. The largest absolute Gasteiger partial charge is 0.508 e. The van der Waals surface area contributed by atoms with Crippen molar-refractivity contribution < 1.29 is 49.4 Å². The summed E-state index contributed by atoms with van der Waals surface area (Å²) in [5.41, 5.74) is -2.40. The monoisotopic (exact) mass is 605 g/mol. The number of aromatic hydroxyl groups is 4. The molecule has 44 heavy (non-hydrogen) atoms. The Morgan fingerprint density at radius 1 is 0.886 bits per heavy atom. The molecule has 2 atom stereocenters. The number of ketones is 1. The minimum absolute atomic E-state index is 0.0130. The number of aromatic carboxylic acids is 1. The molecule has 13 nitrogen and oxygen atoms in total. The van der Waals surface area contributed by atoms with Crippen molar-refractivity contribution in [2.45, 2.75) is 38.5 Å². The Morgan fingerprint density at radius 2 is 1.52 bits per heavy atom. The second-order valence-electron chi connectivity index (χ2n) is 11.2. The Hall–Kier alpha value is -5.59. The van der Waals surface area contributed by atoms with E-state index in [0.29, 0.717) is 0 Å². The molecule has 1 saturated heterocycles. The summed E-state index contributed by atoms with van der Waals surface area (Å²) in [6.07, 6.45) is 0.690. The summed E-state index contributed by atoms with van der Waals surface area (Å²) in [7, 11) is 0. The van der Waals surface area contributed by atoms with Gasteiger partial charge in [0.2, 0.25) is 5.78 Å². The first-order valence-corrected chi connectivity index (χ1v) is 13.4. The molecule has 6 N–H and O–H groups in total. The normalized spacial score (nSPS) is 16.6. The van der Waals surface area contributed by atoms with E-state index in [1.807, 2.05) is 20.8 Å². The molecule has 1 aliphatic rings. The number of aliphatic imine (C=N–C) groups is 1. The molecular formula is C31H31N3O10. The average molecular weight is 606 g/mol. The number of carboxylic acids is 1. The number of nitrogens with one attached hydrogen (secondary N) is 1. The first-order valence-electron chi connectivity index (χ1n) is 13.4. The van der Waals surface area contributed by atoms with Crippen LogP contribution in [0.15, 0.2) is 59.6 Å². The molecule has 1 fully saturated rings. The molecule has 2 unspecified atom stereocenters. The van der Waals surface area contributed by atoms with E-state index < -0.39 is 75.3 Å². The van der Waals surface area contributed by atoms with Gasteiger partial charge in [-0.2, -0.15) is 0 Å². The topological polar surface area (TPSA) is 206 Å². The van der Waals surface area contributed by atoms with Gasteiger partial charge in [-0.1, -0.05) is 6.07 Å².